The van der Waals surface area contributed by atoms with Crippen molar-refractivity contribution >= 4 is 5.91 Å². The first-order valence-electron chi connectivity index (χ1n) is 7.75. The van der Waals surface area contributed by atoms with Gasteiger partial charge in [-0.1, -0.05) is 32.9 Å². The second kappa shape index (κ2) is 6.42. The largest absolute Gasteiger partial charge is 0.360 e. The van der Waals surface area contributed by atoms with Gasteiger partial charge in [-0.05, 0) is 31.1 Å². The second-order valence-corrected chi connectivity index (χ2v) is 6.50. The number of aromatic nitrogens is 1. The highest BCUT2D eigenvalue weighted by Crippen LogP contribution is 2.25. The van der Waals surface area contributed by atoms with Gasteiger partial charge < -0.3 is 9.42 Å². The summed E-state index contributed by atoms with van der Waals surface area (Å²) < 4.78 is 5.23. The molecule has 0 unspecified atom stereocenters. The van der Waals surface area contributed by atoms with E-state index in [-0.39, 0.29) is 11.8 Å². The highest BCUT2D eigenvalue weighted by Gasteiger charge is 2.25. The van der Waals surface area contributed by atoms with E-state index in [0.29, 0.717) is 11.6 Å². The third kappa shape index (κ3) is 3.41. The van der Waals surface area contributed by atoms with E-state index in [1.807, 2.05) is 18.7 Å². The van der Waals surface area contributed by atoms with Crippen LogP contribution >= 0.6 is 0 Å². The molecule has 1 atom stereocenters. The summed E-state index contributed by atoms with van der Waals surface area (Å²) in [5.74, 6) is 2.49. The smallest absolute Gasteiger partial charge is 0.276 e. The predicted octanol–water partition coefficient (Wildman–Crippen LogP) is 3.70. The van der Waals surface area contributed by atoms with Crippen LogP contribution in [0.25, 0.3) is 0 Å². The fraction of sp³-hybridized carbons (Fsp3) is 0.750. The molecule has 1 aliphatic rings. The molecule has 0 saturated carbocycles. The summed E-state index contributed by atoms with van der Waals surface area (Å²) in [5, 5.41) is 3.93. The summed E-state index contributed by atoms with van der Waals surface area (Å²) >= 11 is 0. The fourth-order valence-electron chi connectivity index (χ4n) is 2.82. The van der Waals surface area contributed by atoms with Crippen molar-refractivity contribution in [1.82, 2.24) is 10.1 Å². The van der Waals surface area contributed by atoms with Crippen LogP contribution in [0.4, 0.5) is 0 Å². The molecule has 4 heteroatoms. The third-order valence-electron chi connectivity index (χ3n) is 4.32. The molecule has 0 aromatic carbocycles. The molecule has 2 heterocycles. The van der Waals surface area contributed by atoms with Crippen molar-refractivity contribution in [2.24, 2.45) is 11.8 Å². The number of rotatable bonds is 3. The minimum absolute atomic E-state index is 0.0186. The maximum absolute atomic E-state index is 12.5. The van der Waals surface area contributed by atoms with Gasteiger partial charge in [0.15, 0.2) is 5.69 Å². The molecule has 112 valence electrons. The molecule has 1 aromatic rings. The maximum atomic E-state index is 12.5. The standard InChI is InChI=1S/C16H26N2O2/c1-11(2)13-6-5-8-18(9-7-13)16(19)14-10-15(12(3)4)20-17-14/h10-13H,5-9H2,1-4H3/t13-/m1/s1. The number of hydrogen-bond donors (Lipinski definition) is 0. The van der Waals surface area contributed by atoms with Gasteiger partial charge >= 0.3 is 0 Å². The molecule has 0 spiro atoms. The minimum Gasteiger partial charge on any atom is -0.360 e. The second-order valence-electron chi connectivity index (χ2n) is 6.50. The quantitative estimate of drug-likeness (QED) is 0.847. The van der Waals surface area contributed by atoms with Crippen LogP contribution in [-0.2, 0) is 0 Å². The van der Waals surface area contributed by atoms with Crippen molar-refractivity contribution in [3.05, 3.63) is 17.5 Å². The highest BCUT2D eigenvalue weighted by molar-refractivity contribution is 5.92. The van der Waals surface area contributed by atoms with Gasteiger partial charge in [0, 0.05) is 25.1 Å². The van der Waals surface area contributed by atoms with Crippen LogP contribution in [0, 0.1) is 11.8 Å². The lowest BCUT2D eigenvalue weighted by Gasteiger charge is -2.20. The van der Waals surface area contributed by atoms with Gasteiger partial charge in [0.25, 0.3) is 5.91 Å². The molecular formula is C16H26N2O2. The maximum Gasteiger partial charge on any atom is 0.276 e. The van der Waals surface area contributed by atoms with E-state index in [9.17, 15) is 4.79 Å². The van der Waals surface area contributed by atoms with E-state index >= 15 is 0 Å². The Morgan fingerprint density at radius 2 is 2.05 bits per heavy atom. The Morgan fingerprint density at radius 1 is 1.30 bits per heavy atom. The van der Waals surface area contributed by atoms with E-state index in [0.717, 1.165) is 37.6 Å². The average molecular weight is 278 g/mol. The van der Waals surface area contributed by atoms with Gasteiger partial charge in [-0.25, -0.2) is 0 Å². The molecule has 1 amide bonds. The van der Waals surface area contributed by atoms with Gasteiger partial charge in [0.05, 0.1) is 0 Å². The minimum atomic E-state index is 0.0186. The summed E-state index contributed by atoms with van der Waals surface area (Å²) in [7, 11) is 0. The normalized spacial score (nSPS) is 20.5. The number of hydrogen-bond acceptors (Lipinski definition) is 3. The van der Waals surface area contributed by atoms with Crippen LogP contribution in [0.15, 0.2) is 10.6 Å². The van der Waals surface area contributed by atoms with Crippen LogP contribution in [-0.4, -0.2) is 29.1 Å². The summed E-state index contributed by atoms with van der Waals surface area (Å²) in [6.45, 7) is 10.3. The van der Waals surface area contributed by atoms with E-state index in [4.69, 9.17) is 4.52 Å². The first-order valence-corrected chi connectivity index (χ1v) is 7.75. The van der Waals surface area contributed by atoms with Gasteiger partial charge in [0.2, 0.25) is 0 Å². The molecule has 0 bridgehead atoms. The Balaban J connectivity index is 2.01. The zero-order chi connectivity index (χ0) is 14.7. The molecule has 1 saturated heterocycles. The molecule has 0 radical (unpaired) electrons. The Kier molecular flexibility index (Phi) is 4.84. The van der Waals surface area contributed by atoms with Crippen LogP contribution in [0.5, 0.6) is 0 Å². The third-order valence-corrected chi connectivity index (χ3v) is 4.32. The van der Waals surface area contributed by atoms with Crippen LogP contribution < -0.4 is 0 Å². The van der Waals surface area contributed by atoms with Crippen LogP contribution in [0.1, 0.15) is 69.1 Å². The van der Waals surface area contributed by atoms with E-state index in [1.165, 1.54) is 6.42 Å². The molecule has 1 aromatic heterocycles. The van der Waals surface area contributed by atoms with Gasteiger partial charge in [-0.15, -0.1) is 0 Å². The van der Waals surface area contributed by atoms with E-state index < -0.39 is 0 Å². The van der Waals surface area contributed by atoms with E-state index in [2.05, 4.69) is 19.0 Å². The number of amides is 1. The van der Waals surface area contributed by atoms with Crippen molar-refractivity contribution in [3.63, 3.8) is 0 Å². The molecular weight excluding hydrogens is 252 g/mol. The fourth-order valence-corrected chi connectivity index (χ4v) is 2.82. The van der Waals surface area contributed by atoms with Crippen molar-refractivity contribution in [1.29, 1.82) is 0 Å². The number of carbonyl (C=O) groups excluding carboxylic acids is 1. The van der Waals surface area contributed by atoms with Crippen molar-refractivity contribution in [2.75, 3.05) is 13.1 Å². The molecule has 1 aliphatic heterocycles. The molecule has 0 N–H and O–H groups in total. The Bertz CT molecular complexity index is 451. The lowest BCUT2D eigenvalue weighted by molar-refractivity contribution is 0.0748. The lowest BCUT2D eigenvalue weighted by Crippen LogP contribution is -2.32. The summed E-state index contributed by atoms with van der Waals surface area (Å²) in [5.41, 5.74) is 0.455. The topological polar surface area (TPSA) is 46.3 Å². The molecule has 20 heavy (non-hydrogen) atoms. The van der Waals surface area contributed by atoms with Gasteiger partial charge in [0.1, 0.15) is 5.76 Å². The van der Waals surface area contributed by atoms with Crippen LogP contribution in [0.2, 0.25) is 0 Å². The Labute approximate surface area is 121 Å². The lowest BCUT2D eigenvalue weighted by atomic mass is 9.89. The zero-order valence-electron chi connectivity index (χ0n) is 13.1. The summed E-state index contributed by atoms with van der Waals surface area (Å²) in [6, 6.07) is 1.79. The number of likely N-dealkylation sites (tertiary alicyclic amines) is 1. The zero-order valence-corrected chi connectivity index (χ0v) is 13.1. The highest BCUT2D eigenvalue weighted by atomic mass is 16.5. The number of nitrogens with zero attached hydrogens (tertiary/aromatic N) is 2. The van der Waals surface area contributed by atoms with Crippen molar-refractivity contribution < 1.29 is 9.32 Å². The van der Waals surface area contributed by atoms with Crippen molar-refractivity contribution in [3.8, 4) is 0 Å². The predicted molar refractivity (Wildman–Crippen MR) is 78.7 cm³/mol. The molecule has 0 aliphatic carbocycles. The summed E-state index contributed by atoms with van der Waals surface area (Å²) in [6.07, 6.45) is 3.40. The van der Waals surface area contributed by atoms with Gasteiger partial charge in [-0.3, -0.25) is 4.79 Å². The molecule has 4 nitrogen and oxygen atoms in total. The first kappa shape index (κ1) is 15.1. The van der Waals surface area contributed by atoms with E-state index in [1.54, 1.807) is 6.07 Å². The van der Waals surface area contributed by atoms with Crippen LogP contribution in [0.3, 0.4) is 0 Å². The van der Waals surface area contributed by atoms with Gasteiger partial charge in [-0.2, -0.15) is 0 Å². The molecule has 2 rings (SSSR count). The average Bonchev–Trinajstić information content (AvgIpc) is 2.76. The summed E-state index contributed by atoms with van der Waals surface area (Å²) in [4.78, 5) is 14.4. The SMILES string of the molecule is CC(C)c1cc(C(=O)N2CCC[C@@H](C(C)C)CC2)no1. The Hall–Kier alpha value is -1.32. The monoisotopic (exact) mass is 278 g/mol. The number of carbonyl (C=O) groups is 1. The van der Waals surface area contributed by atoms with Crippen molar-refractivity contribution in [2.45, 2.75) is 52.9 Å². The first-order chi connectivity index (χ1) is 9.49. The Morgan fingerprint density at radius 3 is 2.65 bits per heavy atom. The molecule has 1 fully saturated rings.